The first kappa shape index (κ1) is 23.7. The van der Waals surface area contributed by atoms with Crippen LogP contribution >= 0.6 is 0 Å². The highest BCUT2D eigenvalue weighted by Crippen LogP contribution is 2.28. The monoisotopic (exact) mass is 450 g/mol. The Morgan fingerprint density at radius 2 is 1.90 bits per heavy atom. The van der Waals surface area contributed by atoms with Crippen LogP contribution < -0.4 is 0 Å². The number of pyridine rings is 1. The zero-order valence-electron chi connectivity index (χ0n) is 15.3. The average Bonchev–Trinajstić information content (AvgIpc) is 3.03. The number of sulfonamides is 1. The molecular weight excluding hydrogens is 432 g/mol. The Morgan fingerprint density at radius 3 is 2.43 bits per heavy atom. The zero-order chi connectivity index (χ0) is 22.5. The summed E-state index contributed by atoms with van der Waals surface area (Å²) in [7, 11) is -3.85. The van der Waals surface area contributed by atoms with Gasteiger partial charge in [-0.15, -0.1) is 0 Å². The Kier molecular flexibility index (Phi) is 7.50. The van der Waals surface area contributed by atoms with Crippen molar-refractivity contribution in [2.45, 2.75) is 36.1 Å². The molecule has 1 aliphatic rings. The van der Waals surface area contributed by atoms with E-state index in [-0.39, 0.29) is 11.4 Å². The van der Waals surface area contributed by atoms with Crippen LogP contribution in [0.25, 0.3) is 0 Å². The molecule has 0 saturated carbocycles. The highest BCUT2D eigenvalue weighted by Gasteiger charge is 2.41. The number of carboxylic acid groups (broad SMARTS) is 1. The van der Waals surface area contributed by atoms with Gasteiger partial charge in [0.15, 0.2) is 0 Å². The summed E-state index contributed by atoms with van der Waals surface area (Å²) >= 11 is 0. The van der Waals surface area contributed by atoms with E-state index in [2.05, 4.69) is 4.98 Å². The van der Waals surface area contributed by atoms with Crippen molar-refractivity contribution in [2.24, 2.45) is 0 Å². The highest BCUT2D eigenvalue weighted by atomic mass is 32.2. The van der Waals surface area contributed by atoms with Gasteiger partial charge in [0.1, 0.15) is 5.82 Å². The second-order valence-corrected chi connectivity index (χ2v) is 8.26. The van der Waals surface area contributed by atoms with Crippen LogP contribution in [0.2, 0.25) is 0 Å². The fraction of sp³-hybridized carbons (Fsp3) is 0.333. The van der Waals surface area contributed by atoms with Crippen LogP contribution in [0.5, 0.6) is 0 Å². The van der Waals surface area contributed by atoms with Crippen molar-refractivity contribution in [2.75, 3.05) is 6.54 Å². The number of nitrogens with zero attached hydrogens (tertiary/aromatic N) is 2. The smallest absolute Gasteiger partial charge is 0.475 e. The number of hydrogen-bond acceptors (Lipinski definition) is 5. The fourth-order valence-corrected chi connectivity index (χ4v) is 4.57. The van der Waals surface area contributed by atoms with Gasteiger partial charge in [0.05, 0.1) is 17.0 Å². The molecule has 0 bridgehead atoms. The molecule has 0 unspecified atom stereocenters. The number of alkyl halides is 3. The molecule has 1 aromatic heterocycles. The van der Waals surface area contributed by atoms with Gasteiger partial charge in [-0.2, -0.15) is 17.5 Å². The van der Waals surface area contributed by atoms with Gasteiger partial charge < -0.3 is 10.2 Å². The third kappa shape index (κ3) is 5.97. The van der Waals surface area contributed by atoms with Gasteiger partial charge in [-0.25, -0.2) is 17.6 Å². The number of hydrogen-bond donors (Lipinski definition) is 2. The van der Waals surface area contributed by atoms with Crippen LogP contribution in [0.1, 0.15) is 12.0 Å². The van der Waals surface area contributed by atoms with E-state index in [1.54, 1.807) is 18.5 Å². The predicted molar refractivity (Wildman–Crippen MR) is 96.3 cm³/mol. The van der Waals surface area contributed by atoms with E-state index < -0.39 is 40.1 Å². The van der Waals surface area contributed by atoms with Crippen molar-refractivity contribution >= 4 is 16.0 Å². The molecule has 2 atom stereocenters. The van der Waals surface area contributed by atoms with Crippen LogP contribution in [0, 0.1) is 5.82 Å². The Hall–Kier alpha value is -2.57. The first-order valence-corrected chi connectivity index (χ1v) is 10.0. The molecule has 0 radical (unpaired) electrons. The summed E-state index contributed by atoms with van der Waals surface area (Å²) < 4.78 is 71.9. The van der Waals surface area contributed by atoms with E-state index in [0.717, 1.165) is 11.6 Å². The third-order valence-electron chi connectivity index (χ3n) is 4.27. The molecule has 3 rings (SSSR count). The number of carbonyl (C=O) groups is 1. The molecule has 1 aliphatic heterocycles. The zero-order valence-corrected chi connectivity index (χ0v) is 16.1. The molecule has 2 aromatic rings. The summed E-state index contributed by atoms with van der Waals surface area (Å²) in [5.74, 6) is -3.36. The largest absolute Gasteiger partial charge is 0.490 e. The summed E-state index contributed by atoms with van der Waals surface area (Å²) in [4.78, 5) is 12.8. The van der Waals surface area contributed by atoms with Crippen molar-refractivity contribution in [3.63, 3.8) is 0 Å². The van der Waals surface area contributed by atoms with Crippen molar-refractivity contribution in [1.29, 1.82) is 0 Å². The number of halogens is 4. The van der Waals surface area contributed by atoms with Crippen LogP contribution in [0.15, 0.2) is 53.7 Å². The molecule has 0 spiro atoms. The van der Waals surface area contributed by atoms with Crippen LogP contribution in [0.4, 0.5) is 17.6 Å². The maximum atomic E-state index is 13.4. The molecule has 2 N–H and O–H groups in total. The van der Waals surface area contributed by atoms with Crippen molar-refractivity contribution in [3.8, 4) is 0 Å². The van der Waals surface area contributed by atoms with Gasteiger partial charge >= 0.3 is 12.1 Å². The van der Waals surface area contributed by atoms with Gasteiger partial charge in [-0.3, -0.25) is 4.98 Å². The Morgan fingerprint density at radius 1 is 1.23 bits per heavy atom. The number of rotatable bonds is 4. The highest BCUT2D eigenvalue weighted by molar-refractivity contribution is 7.89. The second kappa shape index (κ2) is 9.49. The first-order valence-electron chi connectivity index (χ1n) is 8.57. The van der Waals surface area contributed by atoms with Crippen LogP contribution in [-0.2, 0) is 21.2 Å². The first-order chi connectivity index (χ1) is 13.9. The Bertz CT molecular complexity index is 970. The Labute approximate surface area is 169 Å². The Balaban J connectivity index is 0.000000396. The van der Waals surface area contributed by atoms with E-state index in [9.17, 15) is 31.1 Å². The molecule has 0 aliphatic carbocycles. The molecular formula is C18H18F4N2O5S. The summed E-state index contributed by atoms with van der Waals surface area (Å²) in [5.41, 5.74) is 0.845. The van der Waals surface area contributed by atoms with Gasteiger partial charge in [-0.05, 0) is 42.7 Å². The van der Waals surface area contributed by atoms with Gasteiger partial charge in [0, 0.05) is 18.9 Å². The van der Waals surface area contributed by atoms with Gasteiger partial charge in [-0.1, -0.05) is 12.1 Å². The van der Waals surface area contributed by atoms with Crippen LogP contribution in [-0.4, -0.2) is 58.8 Å². The van der Waals surface area contributed by atoms with Gasteiger partial charge in [0.25, 0.3) is 0 Å². The molecule has 1 fully saturated rings. The van der Waals surface area contributed by atoms with Crippen LogP contribution in [0.3, 0.4) is 0 Å². The SMILES string of the molecule is O=C(O)C(F)(F)F.O=S(=O)(c1cccc(F)c1)N1CC[C@H](O)[C@@H]1Cc1cccnc1. The molecule has 30 heavy (non-hydrogen) atoms. The standard InChI is InChI=1S/C16H17FN2O3S.C2HF3O2/c17-13-4-1-5-14(10-13)23(21,22)19-8-6-16(20)15(19)9-12-3-2-7-18-11-12;3-2(4,5)1(6)7/h1-5,7,10-11,15-16,20H,6,8-9H2;(H,6,7)/t15-,16-;/m0./s1. The van der Waals surface area contributed by atoms with Crippen molar-refractivity contribution < 1.29 is 41.0 Å². The quantitative estimate of drug-likeness (QED) is 0.692. The lowest BCUT2D eigenvalue weighted by atomic mass is 10.0. The number of aliphatic hydroxyl groups is 1. The summed E-state index contributed by atoms with van der Waals surface area (Å²) in [6, 6.07) is 7.96. The molecule has 12 heteroatoms. The van der Waals surface area contributed by atoms with E-state index in [1.165, 1.54) is 22.5 Å². The average molecular weight is 450 g/mol. The molecule has 2 heterocycles. The minimum absolute atomic E-state index is 0.0946. The summed E-state index contributed by atoms with van der Waals surface area (Å²) in [5, 5.41) is 17.3. The normalized spacial score (nSPS) is 19.8. The fourth-order valence-electron chi connectivity index (χ4n) is 2.87. The van der Waals surface area contributed by atoms with Crippen molar-refractivity contribution in [3.05, 3.63) is 60.2 Å². The third-order valence-corrected chi connectivity index (χ3v) is 6.19. The van der Waals surface area contributed by atoms with Crippen molar-refractivity contribution in [1.82, 2.24) is 9.29 Å². The number of benzene rings is 1. The molecule has 0 amide bonds. The number of carboxylic acids is 1. The van der Waals surface area contributed by atoms with E-state index >= 15 is 0 Å². The lowest BCUT2D eigenvalue weighted by Gasteiger charge is -2.25. The maximum Gasteiger partial charge on any atom is 0.490 e. The molecule has 164 valence electrons. The number of aliphatic carboxylic acids is 1. The predicted octanol–water partition coefficient (Wildman–Crippen LogP) is 2.22. The summed E-state index contributed by atoms with van der Waals surface area (Å²) in [6.45, 7) is 0.213. The van der Waals surface area contributed by atoms with E-state index in [4.69, 9.17) is 9.90 Å². The van der Waals surface area contributed by atoms with Gasteiger partial charge in [0.2, 0.25) is 10.0 Å². The topological polar surface area (TPSA) is 108 Å². The minimum atomic E-state index is -5.08. The number of aromatic nitrogens is 1. The number of aliphatic hydroxyl groups excluding tert-OH is 1. The molecule has 1 saturated heterocycles. The maximum absolute atomic E-state index is 13.4. The summed E-state index contributed by atoms with van der Waals surface area (Å²) in [6.07, 6.45) is -1.82. The molecule has 1 aromatic carbocycles. The second-order valence-electron chi connectivity index (χ2n) is 6.36. The van der Waals surface area contributed by atoms with E-state index in [0.29, 0.717) is 12.8 Å². The lowest BCUT2D eigenvalue weighted by Crippen LogP contribution is -2.41. The van der Waals surface area contributed by atoms with E-state index in [1.807, 2.05) is 6.07 Å². The lowest BCUT2D eigenvalue weighted by molar-refractivity contribution is -0.192. The minimum Gasteiger partial charge on any atom is -0.475 e. The molecule has 7 nitrogen and oxygen atoms in total.